The zero-order valence-electron chi connectivity index (χ0n) is 10.1. The normalized spacial score (nSPS) is 23.9. The predicted molar refractivity (Wildman–Crippen MR) is 68.8 cm³/mol. The number of carbonyl (C=O) groups is 2. The Bertz CT molecular complexity index is 652. The smallest absolute Gasteiger partial charge is 0.336 e. The highest BCUT2D eigenvalue weighted by atomic mass is 32.2. The molecule has 0 spiro atoms. The summed E-state index contributed by atoms with van der Waals surface area (Å²) < 4.78 is 25.3. The van der Waals surface area contributed by atoms with E-state index in [1.165, 1.54) is 5.38 Å². The van der Waals surface area contributed by atoms with Gasteiger partial charge in [0.2, 0.25) is 5.91 Å². The molecule has 1 aliphatic rings. The molecule has 2 rings (SSSR count). The number of primary amides is 1. The molecule has 1 amide bonds. The Kier molecular flexibility index (Phi) is 3.82. The number of carboxylic acid groups (broad SMARTS) is 1. The molecule has 20 heavy (non-hydrogen) atoms. The molecule has 0 aromatic carbocycles. The molecule has 1 saturated heterocycles. The summed E-state index contributed by atoms with van der Waals surface area (Å²) >= 11 is 0.742. The van der Waals surface area contributed by atoms with Crippen molar-refractivity contribution in [1.82, 2.24) is 4.31 Å². The van der Waals surface area contributed by atoms with Crippen molar-refractivity contribution < 1.29 is 28.2 Å². The molecule has 2 unspecified atom stereocenters. The van der Waals surface area contributed by atoms with Gasteiger partial charge in [0, 0.05) is 18.3 Å². The number of carboxylic acids is 1. The summed E-state index contributed by atoms with van der Waals surface area (Å²) in [6, 6.07) is -0.101. The van der Waals surface area contributed by atoms with Crippen molar-refractivity contribution in [1.29, 1.82) is 0 Å². The van der Waals surface area contributed by atoms with E-state index >= 15 is 0 Å². The van der Waals surface area contributed by atoms with Gasteiger partial charge in [-0.05, 0) is 6.07 Å². The van der Waals surface area contributed by atoms with Crippen LogP contribution in [0.5, 0.6) is 0 Å². The van der Waals surface area contributed by atoms with Gasteiger partial charge in [0.25, 0.3) is 10.0 Å². The number of rotatable bonds is 4. The quantitative estimate of drug-likeness (QED) is 0.654. The molecule has 1 aromatic rings. The summed E-state index contributed by atoms with van der Waals surface area (Å²) in [6.07, 6.45) is -1.03. The molecule has 1 aromatic heterocycles. The molecule has 0 bridgehead atoms. The number of hydrogen-bond acceptors (Lipinski definition) is 6. The molecule has 1 fully saturated rings. The lowest BCUT2D eigenvalue weighted by Gasteiger charge is -2.20. The largest absolute Gasteiger partial charge is 0.478 e. The Labute approximate surface area is 118 Å². The minimum atomic E-state index is -4.05. The molecular formula is C10H12N2O6S2. The third kappa shape index (κ3) is 2.54. The van der Waals surface area contributed by atoms with E-state index in [-0.39, 0.29) is 22.7 Å². The molecule has 1 aliphatic heterocycles. The van der Waals surface area contributed by atoms with E-state index in [2.05, 4.69) is 0 Å². The number of carbonyl (C=O) groups excluding carboxylic acids is 1. The molecule has 2 heterocycles. The minimum absolute atomic E-state index is 0.0638. The highest BCUT2D eigenvalue weighted by molar-refractivity contribution is 7.91. The van der Waals surface area contributed by atoms with Gasteiger partial charge in [-0.25, -0.2) is 13.2 Å². The van der Waals surface area contributed by atoms with Gasteiger partial charge in [0.1, 0.15) is 10.3 Å². The topological polar surface area (TPSA) is 138 Å². The van der Waals surface area contributed by atoms with Crippen LogP contribution in [0.2, 0.25) is 0 Å². The maximum Gasteiger partial charge on any atom is 0.336 e. The molecule has 0 radical (unpaired) electrons. The SMILES string of the molecule is NC(=O)C1CC(O)CN1S(=O)(=O)c1cc(C(=O)O)cs1. The number of nitrogens with zero attached hydrogens (tertiary/aromatic N) is 1. The van der Waals surface area contributed by atoms with E-state index in [0.717, 1.165) is 21.7 Å². The van der Waals surface area contributed by atoms with Gasteiger partial charge in [0.15, 0.2) is 0 Å². The highest BCUT2D eigenvalue weighted by Crippen LogP contribution is 2.30. The zero-order chi connectivity index (χ0) is 15.1. The third-order valence-electron chi connectivity index (χ3n) is 2.95. The van der Waals surface area contributed by atoms with Gasteiger partial charge in [-0.3, -0.25) is 4.79 Å². The number of aliphatic hydroxyl groups is 1. The number of amides is 1. The van der Waals surface area contributed by atoms with Crippen LogP contribution in [0.15, 0.2) is 15.7 Å². The van der Waals surface area contributed by atoms with E-state index in [1.54, 1.807) is 0 Å². The fourth-order valence-corrected chi connectivity index (χ4v) is 4.91. The van der Waals surface area contributed by atoms with Gasteiger partial charge in [-0.1, -0.05) is 0 Å². The summed E-state index contributed by atoms with van der Waals surface area (Å²) in [6.45, 7) is -0.240. The maximum atomic E-state index is 12.4. The van der Waals surface area contributed by atoms with Crippen LogP contribution >= 0.6 is 11.3 Å². The lowest BCUT2D eigenvalue weighted by Crippen LogP contribution is -2.43. The van der Waals surface area contributed by atoms with Crippen LogP contribution in [-0.4, -0.2) is 53.5 Å². The maximum absolute atomic E-state index is 12.4. The second-order valence-corrected chi connectivity index (χ2v) is 7.37. The summed E-state index contributed by atoms with van der Waals surface area (Å²) in [4.78, 5) is 22.0. The van der Waals surface area contributed by atoms with Crippen molar-refractivity contribution in [3.63, 3.8) is 0 Å². The Balaban J connectivity index is 2.38. The summed E-state index contributed by atoms with van der Waals surface area (Å²) in [7, 11) is -4.05. The second kappa shape index (κ2) is 5.13. The standard InChI is InChI=1S/C10H12N2O6S2/c11-9(14)7-2-6(13)3-12(7)20(17,18)8-1-5(4-19-8)10(15)16/h1,4,6-7,13H,2-3H2,(H2,11,14)(H,15,16). The number of aromatic carboxylic acids is 1. The molecule has 0 saturated carbocycles. The minimum Gasteiger partial charge on any atom is -0.478 e. The molecular weight excluding hydrogens is 308 g/mol. The first kappa shape index (κ1) is 14.9. The predicted octanol–water partition coefficient (Wildman–Crippen LogP) is -0.944. The number of β-amino-alcohol motifs (C(OH)–C–C–N with tert-alkyl or cyclic N) is 1. The van der Waals surface area contributed by atoms with Crippen LogP contribution in [-0.2, 0) is 14.8 Å². The first-order valence-corrected chi connectivity index (χ1v) is 7.86. The Morgan fingerprint density at radius 2 is 2.10 bits per heavy atom. The van der Waals surface area contributed by atoms with Crippen LogP contribution in [0.25, 0.3) is 0 Å². The zero-order valence-corrected chi connectivity index (χ0v) is 11.7. The van der Waals surface area contributed by atoms with Crippen LogP contribution < -0.4 is 5.73 Å². The fraction of sp³-hybridized carbons (Fsp3) is 0.400. The number of aliphatic hydroxyl groups excluding tert-OH is 1. The van der Waals surface area contributed by atoms with Crippen molar-refractivity contribution in [3.05, 3.63) is 17.0 Å². The van der Waals surface area contributed by atoms with Crippen molar-refractivity contribution in [2.24, 2.45) is 5.73 Å². The lowest BCUT2D eigenvalue weighted by molar-refractivity contribution is -0.121. The van der Waals surface area contributed by atoms with Gasteiger partial charge in [0.05, 0.1) is 11.7 Å². The second-order valence-electron chi connectivity index (χ2n) is 4.34. The van der Waals surface area contributed by atoms with Crippen molar-refractivity contribution in [3.8, 4) is 0 Å². The van der Waals surface area contributed by atoms with Gasteiger partial charge < -0.3 is 15.9 Å². The Morgan fingerprint density at radius 3 is 2.60 bits per heavy atom. The van der Waals surface area contributed by atoms with E-state index in [4.69, 9.17) is 10.8 Å². The van der Waals surface area contributed by atoms with Crippen LogP contribution in [0, 0.1) is 0 Å². The summed E-state index contributed by atoms with van der Waals surface area (Å²) in [5, 5.41) is 19.5. The van der Waals surface area contributed by atoms with Crippen LogP contribution in [0.4, 0.5) is 0 Å². The highest BCUT2D eigenvalue weighted by Gasteiger charge is 2.43. The average Bonchev–Trinajstić information content (AvgIpc) is 2.94. The monoisotopic (exact) mass is 320 g/mol. The van der Waals surface area contributed by atoms with E-state index in [1.807, 2.05) is 0 Å². The summed E-state index contributed by atoms with van der Waals surface area (Å²) in [5.74, 6) is -2.09. The number of nitrogens with two attached hydrogens (primary N) is 1. The average molecular weight is 320 g/mol. The Morgan fingerprint density at radius 1 is 1.45 bits per heavy atom. The number of hydrogen-bond donors (Lipinski definition) is 3. The van der Waals surface area contributed by atoms with E-state index in [0.29, 0.717) is 0 Å². The van der Waals surface area contributed by atoms with E-state index in [9.17, 15) is 23.1 Å². The van der Waals surface area contributed by atoms with Crippen molar-refractivity contribution in [2.75, 3.05) is 6.54 Å². The van der Waals surface area contributed by atoms with Crippen LogP contribution in [0.3, 0.4) is 0 Å². The first-order valence-electron chi connectivity index (χ1n) is 5.54. The Hall–Kier alpha value is -1.49. The van der Waals surface area contributed by atoms with Gasteiger partial charge in [-0.15, -0.1) is 11.3 Å². The van der Waals surface area contributed by atoms with Crippen LogP contribution in [0.1, 0.15) is 16.8 Å². The molecule has 0 aliphatic carbocycles. The number of thiophene rings is 1. The summed E-state index contributed by atoms with van der Waals surface area (Å²) in [5.41, 5.74) is 4.98. The first-order chi connectivity index (χ1) is 9.23. The van der Waals surface area contributed by atoms with Crippen molar-refractivity contribution in [2.45, 2.75) is 22.8 Å². The molecule has 2 atom stereocenters. The number of sulfonamides is 1. The molecule has 4 N–H and O–H groups in total. The van der Waals surface area contributed by atoms with E-state index < -0.39 is 34.0 Å². The van der Waals surface area contributed by atoms with Gasteiger partial charge >= 0.3 is 5.97 Å². The molecule has 8 nitrogen and oxygen atoms in total. The van der Waals surface area contributed by atoms with Gasteiger partial charge in [-0.2, -0.15) is 4.31 Å². The molecule has 10 heteroatoms. The van der Waals surface area contributed by atoms with Crippen molar-refractivity contribution >= 4 is 33.2 Å². The molecule has 110 valence electrons. The fourth-order valence-electron chi connectivity index (χ4n) is 1.99. The third-order valence-corrected chi connectivity index (χ3v) is 6.24. The lowest BCUT2D eigenvalue weighted by atomic mass is 10.2.